The molecule has 1 amide bonds. The Morgan fingerprint density at radius 2 is 1.81 bits per heavy atom. The summed E-state index contributed by atoms with van der Waals surface area (Å²) in [4.78, 5) is 16.5. The van der Waals surface area contributed by atoms with E-state index in [-0.39, 0.29) is 11.9 Å². The quantitative estimate of drug-likeness (QED) is 0.899. The van der Waals surface area contributed by atoms with E-state index in [1.807, 2.05) is 22.8 Å². The number of carbonyl (C=O) groups is 1. The Morgan fingerprint density at radius 1 is 1.11 bits per heavy atom. The van der Waals surface area contributed by atoms with Gasteiger partial charge in [0.05, 0.1) is 17.3 Å². The molecule has 0 radical (unpaired) electrons. The fraction of sp³-hybridized carbons (Fsp3) is 0.300. The van der Waals surface area contributed by atoms with Crippen LogP contribution in [0.25, 0.3) is 0 Å². The number of amides is 1. The molecule has 0 bridgehead atoms. The molecule has 5 nitrogen and oxygen atoms in total. The summed E-state index contributed by atoms with van der Waals surface area (Å²) < 4.78 is 26.6. The monoisotopic (exact) mass is 370 g/mol. The molecular formula is C20H20F2N4O. The van der Waals surface area contributed by atoms with Gasteiger partial charge in [0.1, 0.15) is 17.7 Å². The normalized spacial score (nSPS) is 15.9. The third kappa shape index (κ3) is 4.41. The second kappa shape index (κ2) is 8.14. The number of piperazine rings is 1. The SMILES string of the molecule is CC(C(=O)Nc1cccc(F)c1)N1CCN(c2ccc(F)cc2C#N)CC1. The second-order valence-electron chi connectivity index (χ2n) is 6.47. The van der Waals surface area contributed by atoms with Crippen LogP contribution in [0.1, 0.15) is 12.5 Å². The van der Waals surface area contributed by atoms with Gasteiger partial charge in [-0.15, -0.1) is 0 Å². The Bertz CT molecular complexity index is 873. The van der Waals surface area contributed by atoms with Crippen molar-refractivity contribution in [1.29, 1.82) is 5.26 Å². The van der Waals surface area contributed by atoms with Gasteiger partial charge in [-0.05, 0) is 43.3 Å². The lowest BCUT2D eigenvalue weighted by Crippen LogP contribution is -2.53. The molecule has 0 aliphatic carbocycles. The number of carbonyl (C=O) groups excluding carboxylic acids is 1. The molecule has 1 aliphatic heterocycles. The lowest BCUT2D eigenvalue weighted by atomic mass is 10.1. The van der Waals surface area contributed by atoms with Crippen LogP contribution in [0, 0.1) is 23.0 Å². The number of nitrogens with zero attached hydrogens (tertiary/aromatic N) is 3. The highest BCUT2D eigenvalue weighted by Gasteiger charge is 2.26. The smallest absolute Gasteiger partial charge is 0.241 e. The highest BCUT2D eigenvalue weighted by Crippen LogP contribution is 2.23. The fourth-order valence-corrected chi connectivity index (χ4v) is 3.20. The van der Waals surface area contributed by atoms with Crippen molar-refractivity contribution in [1.82, 2.24) is 4.90 Å². The van der Waals surface area contributed by atoms with E-state index in [1.54, 1.807) is 18.2 Å². The van der Waals surface area contributed by atoms with Crippen molar-refractivity contribution in [3.05, 3.63) is 59.7 Å². The summed E-state index contributed by atoms with van der Waals surface area (Å²) in [5.41, 5.74) is 1.44. The molecule has 3 rings (SSSR count). The van der Waals surface area contributed by atoms with Gasteiger partial charge in [-0.25, -0.2) is 8.78 Å². The van der Waals surface area contributed by atoms with Crippen LogP contribution in [0.5, 0.6) is 0 Å². The van der Waals surface area contributed by atoms with Gasteiger partial charge in [0.15, 0.2) is 0 Å². The zero-order chi connectivity index (χ0) is 19.4. The standard InChI is InChI=1S/C20H20F2N4O/c1-14(20(27)24-18-4-2-3-16(21)12-18)25-7-9-26(10-8-25)19-6-5-17(22)11-15(19)13-23/h2-6,11-12,14H,7-10H2,1H3,(H,24,27). The predicted octanol–water partition coefficient (Wildman–Crippen LogP) is 2.99. The molecule has 0 spiro atoms. The molecule has 1 saturated heterocycles. The first kappa shape index (κ1) is 18.8. The summed E-state index contributed by atoms with van der Waals surface area (Å²) >= 11 is 0. The molecule has 0 aromatic heterocycles. The number of hydrogen-bond donors (Lipinski definition) is 1. The average molecular weight is 370 g/mol. The Morgan fingerprint density at radius 3 is 2.48 bits per heavy atom. The van der Waals surface area contributed by atoms with Crippen LogP contribution in [0.4, 0.5) is 20.2 Å². The predicted molar refractivity (Wildman–Crippen MR) is 99.4 cm³/mol. The third-order valence-corrected chi connectivity index (χ3v) is 4.75. The number of benzene rings is 2. The summed E-state index contributed by atoms with van der Waals surface area (Å²) in [6, 6.07) is 11.6. The van der Waals surface area contributed by atoms with Crippen LogP contribution in [0.3, 0.4) is 0 Å². The Hall–Kier alpha value is -2.98. The van der Waals surface area contributed by atoms with Gasteiger partial charge in [-0.3, -0.25) is 9.69 Å². The number of nitrogens with one attached hydrogen (secondary N) is 1. The van der Waals surface area contributed by atoms with Gasteiger partial charge >= 0.3 is 0 Å². The van der Waals surface area contributed by atoms with Crippen LogP contribution in [0.15, 0.2) is 42.5 Å². The van der Waals surface area contributed by atoms with Gasteiger partial charge in [-0.1, -0.05) is 6.07 Å². The van der Waals surface area contributed by atoms with Crippen LogP contribution in [-0.4, -0.2) is 43.0 Å². The Labute approximate surface area is 156 Å². The highest BCUT2D eigenvalue weighted by atomic mass is 19.1. The first-order chi connectivity index (χ1) is 13.0. The number of anilines is 2. The van der Waals surface area contributed by atoms with Crippen LogP contribution in [-0.2, 0) is 4.79 Å². The molecule has 1 fully saturated rings. The maximum absolute atomic E-state index is 13.3. The minimum Gasteiger partial charge on any atom is -0.368 e. The average Bonchev–Trinajstić information content (AvgIpc) is 2.67. The first-order valence-electron chi connectivity index (χ1n) is 8.73. The fourth-order valence-electron chi connectivity index (χ4n) is 3.20. The molecule has 7 heteroatoms. The summed E-state index contributed by atoms with van der Waals surface area (Å²) in [5, 5.41) is 11.9. The van der Waals surface area contributed by atoms with Crippen molar-refractivity contribution in [3.8, 4) is 6.07 Å². The molecule has 2 aromatic rings. The summed E-state index contributed by atoms with van der Waals surface area (Å²) in [6.07, 6.45) is 0. The van der Waals surface area contributed by atoms with Gasteiger partial charge < -0.3 is 10.2 Å². The maximum Gasteiger partial charge on any atom is 0.241 e. The highest BCUT2D eigenvalue weighted by molar-refractivity contribution is 5.94. The zero-order valence-electron chi connectivity index (χ0n) is 15.0. The van der Waals surface area contributed by atoms with E-state index >= 15 is 0 Å². The molecule has 2 aromatic carbocycles. The Kier molecular flexibility index (Phi) is 5.67. The molecule has 1 unspecified atom stereocenters. The van der Waals surface area contributed by atoms with Crippen molar-refractivity contribution in [3.63, 3.8) is 0 Å². The van der Waals surface area contributed by atoms with E-state index in [2.05, 4.69) is 5.32 Å². The lowest BCUT2D eigenvalue weighted by Gasteiger charge is -2.38. The molecule has 1 heterocycles. The number of hydrogen-bond acceptors (Lipinski definition) is 4. The minimum absolute atomic E-state index is 0.200. The van der Waals surface area contributed by atoms with Gasteiger partial charge in [-0.2, -0.15) is 5.26 Å². The molecular weight excluding hydrogens is 350 g/mol. The summed E-state index contributed by atoms with van der Waals surface area (Å²) in [6.45, 7) is 4.30. The van der Waals surface area contributed by atoms with E-state index in [1.165, 1.54) is 24.3 Å². The zero-order valence-corrected chi connectivity index (χ0v) is 15.0. The first-order valence-corrected chi connectivity index (χ1v) is 8.73. The minimum atomic E-state index is -0.434. The van der Waals surface area contributed by atoms with Crippen molar-refractivity contribution >= 4 is 17.3 Å². The van der Waals surface area contributed by atoms with Crippen molar-refractivity contribution in [2.24, 2.45) is 0 Å². The number of nitriles is 1. The number of halogens is 2. The van der Waals surface area contributed by atoms with Gasteiger partial charge in [0.2, 0.25) is 5.91 Å². The Balaban J connectivity index is 1.60. The van der Waals surface area contributed by atoms with Crippen molar-refractivity contribution in [2.45, 2.75) is 13.0 Å². The van der Waals surface area contributed by atoms with Crippen LogP contribution in [0.2, 0.25) is 0 Å². The van der Waals surface area contributed by atoms with Crippen molar-refractivity contribution < 1.29 is 13.6 Å². The van der Waals surface area contributed by atoms with E-state index in [9.17, 15) is 18.8 Å². The molecule has 1 aliphatic rings. The van der Waals surface area contributed by atoms with E-state index in [0.29, 0.717) is 43.1 Å². The van der Waals surface area contributed by atoms with Gasteiger partial charge in [0.25, 0.3) is 0 Å². The topological polar surface area (TPSA) is 59.4 Å². The van der Waals surface area contributed by atoms with E-state index < -0.39 is 11.6 Å². The molecule has 1 N–H and O–H groups in total. The third-order valence-electron chi connectivity index (χ3n) is 4.75. The van der Waals surface area contributed by atoms with E-state index in [0.717, 1.165) is 0 Å². The second-order valence-corrected chi connectivity index (χ2v) is 6.47. The van der Waals surface area contributed by atoms with Crippen molar-refractivity contribution in [2.75, 3.05) is 36.4 Å². The van der Waals surface area contributed by atoms with Crippen LogP contribution < -0.4 is 10.2 Å². The summed E-state index contributed by atoms with van der Waals surface area (Å²) in [5.74, 6) is -1.04. The van der Waals surface area contributed by atoms with Gasteiger partial charge in [0, 0.05) is 31.9 Å². The largest absolute Gasteiger partial charge is 0.368 e. The van der Waals surface area contributed by atoms with Crippen LogP contribution >= 0.6 is 0 Å². The molecule has 0 saturated carbocycles. The summed E-state index contributed by atoms with van der Waals surface area (Å²) in [7, 11) is 0. The molecule has 140 valence electrons. The lowest BCUT2D eigenvalue weighted by molar-refractivity contribution is -0.120. The van der Waals surface area contributed by atoms with E-state index in [4.69, 9.17) is 0 Å². The maximum atomic E-state index is 13.3. The molecule has 27 heavy (non-hydrogen) atoms. The number of rotatable bonds is 4. The molecule has 1 atom stereocenters.